The summed E-state index contributed by atoms with van der Waals surface area (Å²) in [7, 11) is 1.64. The molecule has 0 spiro atoms. The predicted molar refractivity (Wildman–Crippen MR) is 120 cm³/mol. The largest absolute Gasteiger partial charge is 0.496 e. The molecule has 1 aliphatic heterocycles. The lowest BCUT2D eigenvalue weighted by molar-refractivity contribution is -0.133. The van der Waals surface area contributed by atoms with Gasteiger partial charge in [-0.15, -0.1) is 10.2 Å². The van der Waals surface area contributed by atoms with Gasteiger partial charge in [-0.1, -0.05) is 23.7 Å². The number of rotatable bonds is 6. The molecule has 0 bridgehead atoms. The van der Waals surface area contributed by atoms with E-state index < -0.39 is 0 Å². The Kier molecular flexibility index (Phi) is 6.52. The monoisotopic (exact) mass is 438 g/mol. The fourth-order valence-electron chi connectivity index (χ4n) is 3.45. The average Bonchev–Trinajstić information content (AvgIpc) is 2.83. The van der Waals surface area contributed by atoms with Crippen molar-refractivity contribution in [3.05, 3.63) is 65.7 Å². The molecule has 1 fully saturated rings. The molecule has 0 unspecified atom stereocenters. The van der Waals surface area contributed by atoms with Gasteiger partial charge in [-0.2, -0.15) is 0 Å². The highest BCUT2D eigenvalue weighted by Crippen LogP contribution is 2.28. The lowest BCUT2D eigenvalue weighted by Gasteiger charge is -2.35. The van der Waals surface area contributed by atoms with E-state index in [0.717, 1.165) is 22.8 Å². The molecule has 31 heavy (non-hydrogen) atoms. The highest BCUT2D eigenvalue weighted by Gasteiger charge is 2.22. The summed E-state index contributed by atoms with van der Waals surface area (Å²) in [6, 6.07) is 18.6. The Bertz CT molecular complexity index is 1020. The van der Waals surface area contributed by atoms with Gasteiger partial charge in [0.25, 0.3) is 5.91 Å². The number of anilines is 1. The molecule has 0 radical (unpaired) electrons. The van der Waals surface area contributed by atoms with Crippen LogP contribution in [0.5, 0.6) is 11.5 Å². The molecule has 160 valence electrons. The molecule has 1 aliphatic rings. The van der Waals surface area contributed by atoms with Gasteiger partial charge in [0, 0.05) is 36.8 Å². The van der Waals surface area contributed by atoms with Crippen molar-refractivity contribution in [1.82, 2.24) is 15.1 Å². The summed E-state index contributed by atoms with van der Waals surface area (Å²) < 4.78 is 11.0. The van der Waals surface area contributed by atoms with Crippen LogP contribution in [0.25, 0.3) is 11.3 Å². The molecule has 4 rings (SSSR count). The molecule has 7 nitrogen and oxygen atoms in total. The summed E-state index contributed by atoms with van der Waals surface area (Å²) >= 11 is 5.86. The van der Waals surface area contributed by atoms with Crippen LogP contribution in [0.2, 0.25) is 5.02 Å². The van der Waals surface area contributed by atoms with E-state index in [2.05, 4.69) is 15.1 Å². The van der Waals surface area contributed by atoms with Crippen LogP contribution in [-0.4, -0.2) is 60.9 Å². The van der Waals surface area contributed by atoms with E-state index in [1.54, 1.807) is 31.4 Å². The van der Waals surface area contributed by atoms with Crippen molar-refractivity contribution < 1.29 is 14.3 Å². The van der Waals surface area contributed by atoms with Gasteiger partial charge in [0.1, 0.15) is 11.5 Å². The number of nitrogens with zero attached hydrogens (tertiary/aromatic N) is 4. The Hall–Kier alpha value is -3.32. The number of carbonyl (C=O) groups is 1. The SMILES string of the molecule is COc1ccccc1-c1ccc(N2CCN(C(=O)COc3ccc(Cl)cc3)CC2)nn1. The number of aromatic nitrogens is 2. The normalized spacial score (nSPS) is 13.7. The number of carbonyl (C=O) groups excluding carboxylic acids is 1. The third-order valence-corrected chi connectivity index (χ3v) is 5.42. The Balaban J connectivity index is 1.31. The summed E-state index contributed by atoms with van der Waals surface area (Å²) in [5.74, 6) is 2.15. The van der Waals surface area contributed by atoms with Crippen molar-refractivity contribution in [3.8, 4) is 22.8 Å². The Labute approximate surface area is 186 Å². The van der Waals surface area contributed by atoms with Crippen LogP contribution in [0.1, 0.15) is 0 Å². The molecule has 2 aromatic carbocycles. The van der Waals surface area contributed by atoms with E-state index in [1.807, 2.05) is 41.3 Å². The lowest BCUT2D eigenvalue weighted by atomic mass is 10.1. The third-order valence-electron chi connectivity index (χ3n) is 5.17. The second-order valence-corrected chi connectivity index (χ2v) is 7.52. The van der Waals surface area contributed by atoms with E-state index in [-0.39, 0.29) is 12.5 Å². The zero-order valence-corrected chi connectivity index (χ0v) is 18.0. The molecular weight excluding hydrogens is 416 g/mol. The summed E-state index contributed by atoms with van der Waals surface area (Å²) in [5, 5.41) is 9.40. The molecule has 0 N–H and O–H groups in total. The first kappa shape index (κ1) is 20.9. The Morgan fingerprint density at radius 2 is 1.71 bits per heavy atom. The van der Waals surface area contributed by atoms with Gasteiger partial charge < -0.3 is 19.3 Å². The van der Waals surface area contributed by atoms with Gasteiger partial charge in [0.2, 0.25) is 0 Å². The predicted octanol–water partition coefficient (Wildman–Crippen LogP) is 3.53. The fraction of sp³-hybridized carbons (Fsp3) is 0.261. The standard InChI is InChI=1S/C23H23ClN4O3/c1-30-21-5-3-2-4-19(21)20-10-11-22(26-25-20)27-12-14-28(15-13-27)23(29)16-31-18-8-6-17(24)7-9-18/h2-11H,12-16H2,1H3. The van der Waals surface area contributed by atoms with E-state index in [9.17, 15) is 4.79 Å². The Morgan fingerprint density at radius 1 is 0.968 bits per heavy atom. The van der Waals surface area contributed by atoms with Gasteiger partial charge in [0.05, 0.1) is 12.8 Å². The average molecular weight is 439 g/mol. The summed E-state index contributed by atoms with van der Waals surface area (Å²) in [5.41, 5.74) is 1.66. The summed E-state index contributed by atoms with van der Waals surface area (Å²) in [6.07, 6.45) is 0. The molecule has 0 aliphatic carbocycles. The first-order valence-corrected chi connectivity index (χ1v) is 10.4. The second-order valence-electron chi connectivity index (χ2n) is 7.09. The number of para-hydroxylation sites is 1. The van der Waals surface area contributed by atoms with Crippen molar-refractivity contribution in [2.75, 3.05) is 44.8 Å². The van der Waals surface area contributed by atoms with Crippen LogP contribution in [0, 0.1) is 0 Å². The minimum absolute atomic E-state index is 0.00897. The smallest absolute Gasteiger partial charge is 0.260 e. The van der Waals surface area contributed by atoms with Gasteiger partial charge in [0.15, 0.2) is 12.4 Å². The molecule has 0 atom stereocenters. The number of halogens is 1. The summed E-state index contributed by atoms with van der Waals surface area (Å²) in [6.45, 7) is 2.61. The molecule has 2 heterocycles. The first-order valence-electron chi connectivity index (χ1n) is 10.0. The highest BCUT2D eigenvalue weighted by atomic mass is 35.5. The molecule has 1 aromatic heterocycles. The van der Waals surface area contributed by atoms with Gasteiger partial charge in [-0.3, -0.25) is 4.79 Å². The molecule has 3 aromatic rings. The zero-order valence-electron chi connectivity index (χ0n) is 17.2. The molecular formula is C23H23ClN4O3. The van der Waals surface area contributed by atoms with Crippen molar-refractivity contribution in [3.63, 3.8) is 0 Å². The van der Waals surface area contributed by atoms with Crippen molar-refractivity contribution in [1.29, 1.82) is 0 Å². The van der Waals surface area contributed by atoms with Crippen molar-refractivity contribution in [2.45, 2.75) is 0 Å². The maximum atomic E-state index is 12.5. The van der Waals surface area contributed by atoms with E-state index in [1.165, 1.54) is 0 Å². The van der Waals surface area contributed by atoms with Gasteiger partial charge >= 0.3 is 0 Å². The highest BCUT2D eigenvalue weighted by molar-refractivity contribution is 6.30. The van der Waals surface area contributed by atoms with E-state index in [0.29, 0.717) is 37.0 Å². The van der Waals surface area contributed by atoms with Crippen LogP contribution in [0.3, 0.4) is 0 Å². The Morgan fingerprint density at radius 3 is 2.39 bits per heavy atom. The summed E-state index contributed by atoms with van der Waals surface area (Å²) in [4.78, 5) is 16.4. The van der Waals surface area contributed by atoms with Crippen LogP contribution in [0.4, 0.5) is 5.82 Å². The quantitative estimate of drug-likeness (QED) is 0.586. The van der Waals surface area contributed by atoms with Gasteiger partial charge in [-0.05, 0) is 48.5 Å². The molecule has 1 amide bonds. The number of methoxy groups -OCH3 is 1. The maximum absolute atomic E-state index is 12.5. The molecule has 1 saturated heterocycles. The molecule has 8 heteroatoms. The number of hydrogen-bond donors (Lipinski definition) is 0. The number of hydrogen-bond acceptors (Lipinski definition) is 6. The first-order chi connectivity index (χ1) is 15.1. The topological polar surface area (TPSA) is 67.8 Å². The lowest BCUT2D eigenvalue weighted by Crippen LogP contribution is -2.50. The van der Waals surface area contributed by atoms with E-state index >= 15 is 0 Å². The second kappa shape index (κ2) is 9.66. The molecule has 0 saturated carbocycles. The minimum atomic E-state index is -0.0350. The van der Waals surface area contributed by atoms with Crippen LogP contribution in [0.15, 0.2) is 60.7 Å². The van der Waals surface area contributed by atoms with Gasteiger partial charge in [-0.25, -0.2) is 0 Å². The van der Waals surface area contributed by atoms with Crippen LogP contribution >= 0.6 is 11.6 Å². The number of piperazine rings is 1. The van der Waals surface area contributed by atoms with Crippen LogP contribution < -0.4 is 14.4 Å². The fourth-order valence-corrected chi connectivity index (χ4v) is 3.57. The third kappa shape index (κ3) is 5.06. The van der Waals surface area contributed by atoms with E-state index in [4.69, 9.17) is 21.1 Å². The number of ether oxygens (including phenoxy) is 2. The number of benzene rings is 2. The van der Waals surface area contributed by atoms with Crippen LogP contribution in [-0.2, 0) is 4.79 Å². The minimum Gasteiger partial charge on any atom is -0.496 e. The van der Waals surface area contributed by atoms with Crippen molar-refractivity contribution >= 4 is 23.3 Å². The number of amides is 1. The van der Waals surface area contributed by atoms with Crippen molar-refractivity contribution in [2.24, 2.45) is 0 Å². The zero-order chi connectivity index (χ0) is 21.6. The maximum Gasteiger partial charge on any atom is 0.260 e.